The number of ether oxygens (including phenoxy) is 2. The molecule has 1 aliphatic rings. The minimum Gasteiger partial charge on any atom is -0.465 e. The highest BCUT2D eigenvalue weighted by molar-refractivity contribution is 6.00. The van der Waals surface area contributed by atoms with Gasteiger partial charge in [0, 0.05) is 19.2 Å². The van der Waals surface area contributed by atoms with Gasteiger partial charge in [0.1, 0.15) is 5.69 Å². The van der Waals surface area contributed by atoms with E-state index in [-0.39, 0.29) is 11.9 Å². The minimum atomic E-state index is -0.412. The van der Waals surface area contributed by atoms with Crippen LogP contribution in [0.15, 0.2) is 47.1 Å². The van der Waals surface area contributed by atoms with Gasteiger partial charge in [-0.1, -0.05) is 12.1 Å². The molecule has 3 heterocycles. The van der Waals surface area contributed by atoms with E-state index in [4.69, 9.17) is 13.9 Å². The number of amides is 1. The molecule has 8 nitrogen and oxygen atoms in total. The number of fused-ring (bicyclic) bond motifs is 1. The van der Waals surface area contributed by atoms with Gasteiger partial charge in [-0.25, -0.2) is 4.79 Å². The third-order valence-electron chi connectivity index (χ3n) is 4.80. The molecular formula is C20H19N3O5. The fraction of sp³-hybridized carbons (Fsp3) is 0.250. The second-order valence-electron chi connectivity index (χ2n) is 6.35. The Bertz CT molecular complexity index is 992. The first-order valence-electron chi connectivity index (χ1n) is 8.76. The fourth-order valence-electron chi connectivity index (χ4n) is 3.48. The summed E-state index contributed by atoms with van der Waals surface area (Å²) >= 11 is 0. The Morgan fingerprint density at radius 1 is 1.25 bits per heavy atom. The second-order valence-corrected chi connectivity index (χ2v) is 6.35. The molecule has 3 aromatic rings. The first-order chi connectivity index (χ1) is 13.7. The number of hydrogen-bond acceptors (Lipinski definition) is 6. The van der Waals surface area contributed by atoms with Crippen LogP contribution in [-0.4, -0.2) is 54.3 Å². The summed E-state index contributed by atoms with van der Waals surface area (Å²) in [5.41, 5.74) is 3.07. The SMILES string of the molecule is COCCN1C(=O)c2n[nH]c(-c3ccco3)c2[C@H]1c1ccc(C(=O)OC)cc1. The van der Waals surface area contributed by atoms with Crippen LogP contribution in [0.3, 0.4) is 0 Å². The van der Waals surface area contributed by atoms with Crippen LogP contribution in [0.4, 0.5) is 0 Å². The van der Waals surface area contributed by atoms with E-state index in [1.54, 1.807) is 36.5 Å². The summed E-state index contributed by atoms with van der Waals surface area (Å²) in [7, 11) is 2.93. The Morgan fingerprint density at radius 3 is 2.68 bits per heavy atom. The summed E-state index contributed by atoms with van der Waals surface area (Å²) in [5, 5.41) is 7.16. The molecule has 1 amide bonds. The molecule has 8 heteroatoms. The van der Waals surface area contributed by atoms with Crippen molar-refractivity contribution in [3.63, 3.8) is 0 Å². The van der Waals surface area contributed by atoms with Gasteiger partial charge in [-0.05, 0) is 29.8 Å². The van der Waals surface area contributed by atoms with Gasteiger partial charge in [0.05, 0.1) is 31.6 Å². The van der Waals surface area contributed by atoms with Gasteiger partial charge in [0.15, 0.2) is 11.5 Å². The normalized spacial score (nSPS) is 15.7. The zero-order chi connectivity index (χ0) is 19.7. The number of carbonyl (C=O) groups excluding carboxylic acids is 2. The molecule has 1 aromatic carbocycles. The van der Waals surface area contributed by atoms with Crippen LogP contribution < -0.4 is 0 Å². The number of methoxy groups -OCH3 is 2. The summed E-state index contributed by atoms with van der Waals surface area (Å²) in [6, 6.07) is 10.2. The number of nitrogens with one attached hydrogen (secondary N) is 1. The van der Waals surface area contributed by atoms with Gasteiger partial charge in [-0.3, -0.25) is 9.89 Å². The average Bonchev–Trinajstić information content (AvgIpc) is 3.44. The Labute approximate surface area is 161 Å². The first-order valence-corrected chi connectivity index (χ1v) is 8.76. The van der Waals surface area contributed by atoms with Crippen LogP contribution in [0.5, 0.6) is 0 Å². The number of esters is 1. The zero-order valence-corrected chi connectivity index (χ0v) is 15.5. The molecule has 1 aliphatic heterocycles. The summed E-state index contributed by atoms with van der Waals surface area (Å²) < 4.78 is 15.5. The van der Waals surface area contributed by atoms with E-state index in [1.165, 1.54) is 7.11 Å². The van der Waals surface area contributed by atoms with Crippen LogP contribution in [-0.2, 0) is 9.47 Å². The summed E-state index contributed by atoms with van der Waals surface area (Å²) in [5.74, 6) is 0.0139. The third-order valence-corrected chi connectivity index (χ3v) is 4.80. The van der Waals surface area contributed by atoms with Gasteiger partial charge in [-0.15, -0.1) is 0 Å². The van der Waals surface area contributed by atoms with E-state index in [1.807, 2.05) is 18.2 Å². The maximum Gasteiger partial charge on any atom is 0.337 e. The van der Waals surface area contributed by atoms with Crippen LogP contribution in [0.25, 0.3) is 11.5 Å². The van der Waals surface area contributed by atoms with E-state index in [2.05, 4.69) is 10.2 Å². The van der Waals surface area contributed by atoms with E-state index in [0.717, 1.165) is 11.1 Å². The lowest BCUT2D eigenvalue weighted by Gasteiger charge is -2.26. The van der Waals surface area contributed by atoms with E-state index >= 15 is 0 Å². The average molecular weight is 381 g/mol. The van der Waals surface area contributed by atoms with Crippen molar-refractivity contribution in [2.45, 2.75) is 6.04 Å². The highest BCUT2D eigenvalue weighted by Crippen LogP contribution is 2.42. The Kier molecular flexibility index (Phi) is 4.70. The number of hydrogen-bond donors (Lipinski definition) is 1. The molecule has 1 atom stereocenters. The Hall–Kier alpha value is -3.39. The lowest BCUT2D eigenvalue weighted by atomic mass is 9.97. The molecule has 0 fully saturated rings. The molecule has 2 aromatic heterocycles. The van der Waals surface area contributed by atoms with E-state index in [9.17, 15) is 9.59 Å². The van der Waals surface area contributed by atoms with Crippen molar-refractivity contribution in [1.29, 1.82) is 0 Å². The topological polar surface area (TPSA) is 97.7 Å². The van der Waals surface area contributed by atoms with Gasteiger partial charge >= 0.3 is 5.97 Å². The molecular weight excluding hydrogens is 362 g/mol. The van der Waals surface area contributed by atoms with Crippen molar-refractivity contribution in [3.05, 3.63) is 65.0 Å². The number of benzene rings is 1. The van der Waals surface area contributed by atoms with Crippen molar-refractivity contribution < 1.29 is 23.5 Å². The Balaban J connectivity index is 1.80. The van der Waals surface area contributed by atoms with Crippen LogP contribution in [0.2, 0.25) is 0 Å². The molecule has 0 bridgehead atoms. The molecule has 0 saturated heterocycles. The maximum absolute atomic E-state index is 13.0. The number of carbonyl (C=O) groups is 2. The maximum atomic E-state index is 13.0. The Morgan fingerprint density at radius 2 is 2.04 bits per heavy atom. The van der Waals surface area contributed by atoms with Crippen molar-refractivity contribution >= 4 is 11.9 Å². The monoisotopic (exact) mass is 381 g/mol. The van der Waals surface area contributed by atoms with E-state index in [0.29, 0.717) is 35.9 Å². The molecule has 0 radical (unpaired) electrons. The van der Waals surface area contributed by atoms with Gasteiger partial charge in [0.25, 0.3) is 5.91 Å². The number of rotatable bonds is 6. The molecule has 0 unspecified atom stereocenters. The number of aromatic amines is 1. The predicted octanol–water partition coefficient (Wildman–Crippen LogP) is 2.65. The summed E-state index contributed by atoms with van der Waals surface area (Å²) in [6.45, 7) is 0.805. The molecule has 4 rings (SSSR count). The third kappa shape index (κ3) is 2.87. The highest BCUT2D eigenvalue weighted by atomic mass is 16.5. The van der Waals surface area contributed by atoms with Crippen LogP contribution in [0, 0.1) is 0 Å². The number of nitrogens with zero attached hydrogens (tertiary/aromatic N) is 2. The van der Waals surface area contributed by atoms with Gasteiger partial charge < -0.3 is 18.8 Å². The van der Waals surface area contributed by atoms with Crippen molar-refractivity contribution in [2.24, 2.45) is 0 Å². The van der Waals surface area contributed by atoms with Gasteiger partial charge in [-0.2, -0.15) is 5.10 Å². The first kappa shape index (κ1) is 18.0. The summed E-state index contributed by atoms with van der Waals surface area (Å²) in [6.07, 6.45) is 1.57. The van der Waals surface area contributed by atoms with Gasteiger partial charge in [0.2, 0.25) is 0 Å². The number of H-pyrrole nitrogens is 1. The number of aromatic nitrogens is 2. The molecule has 28 heavy (non-hydrogen) atoms. The van der Waals surface area contributed by atoms with Crippen molar-refractivity contribution in [3.8, 4) is 11.5 Å². The molecule has 144 valence electrons. The predicted molar refractivity (Wildman–Crippen MR) is 98.8 cm³/mol. The van der Waals surface area contributed by atoms with Crippen molar-refractivity contribution in [2.75, 3.05) is 27.4 Å². The molecule has 0 aliphatic carbocycles. The second kappa shape index (κ2) is 7.32. The lowest BCUT2D eigenvalue weighted by molar-refractivity contribution is 0.0599. The number of furan rings is 1. The zero-order valence-electron chi connectivity index (χ0n) is 15.5. The molecule has 1 N–H and O–H groups in total. The highest BCUT2D eigenvalue weighted by Gasteiger charge is 2.42. The quantitative estimate of drug-likeness (QED) is 0.659. The van der Waals surface area contributed by atoms with Crippen molar-refractivity contribution in [1.82, 2.24) is 15.1 Å². The van der Waals surface area contributed by atoms with Crippen LogP contribution in [0.1, 0.15) is 38.0 Å². The summed E-state index contributed by atoms with van der Waals surface area (Å²) in [4.78, 5) is 26.4. The lowest BCUT2D eigenvalue weighted by Crippen LogP contribution is -2.32. The standard InChI is InChI=1S/C20H19N3O5/c1-26-11-9-23-18(12-5-7-13(8-6-12)20(25)27-2)15-16(14-4-3-10-28-14)21-22-17(15)19(23)24/h3-8,10,18H,9,11H2,1-2H3,(H,21,22)/t18-/m1/s1. The van der Waals surface area contributed by atoms with E-state index < -0.39 is 5.97 Å². The molecule has 0 spiro atoms. The smallest absolute Gasteiger partial charge is 0.337 e. The largest absolute Gasteiger partial charge is 0.465 e. The minimum absolute atomic E-state index is 0.178. The molecule has 0 saturated carbocycles. The van der Waals surface area contributed by atoms with Crippen LogP contribution >= 0.6 is 0 Å². The fourth-order valence-corrected chi connectivity index (χ4v) is 3.48.